The number of nitrogens with one attached hydrogen (secondary N) is 3. The van der Waals surface area contributed by atoms with E-state index in [9.17, 15) is 14.9 Å². The maximum Gasteiger partial charge on any atom is 0.254 e. The Kier molecular flexibility index (Phi) is 5.20. The molecule has 0 spiro atoms. The van der Waals surface area contributed by atoms with Crippen molar-refractivity contribution in [2.75, 3.05) is 0 Å². The van der Waals surface area contributed by atoms with Crippen LogP contribution in [0.4, 0.5) is 0 Å². The summed E-state index contributed by atoms with van der Waals surface area (Å²) in [6.45, 7) is 2.18. The zero-order valence-corrected chi connectivity index (χ0v) is 13.9. The van der Waals surface area contributed by atoms with Gasteiger partial charge in [0.2, 0.25) is 5.91 Å². The average Bonchev–Trinajstić information content (AvgIpc) is 3.04. The molecule has 132 valence electrons. The maximum atomic E-state index is 12.4. The van der Waals surface area contributed by atoms with E-state index in [-0.39, 0.29) is 17.5 Å². The van der Waals surface area contributed by atoms with E-state index >= 15 is 0 Å². The van der Waals surface area contributed by atoms with Crippen LogP contribution >= 0.6 is 0 Å². The first-order chi connectivity index (χ1) is 12.1. The fraction of sp³-hybridized carbons (Fsp3) is 0.412. The minimum Gasteiger partial charge on any atom is -0.349 e. The summed E-state index contributed by atoms with van der Waals surface area (Å²) in [5.74, 6) is -0.400. The second kappa shape index (κ2) is 7.54. The number of para-hydroxylation sites is 1. The molecule has 0 aliphatic carbocycles. The van der Waals surface area contributed by atoms with Crippen LogP contribution in [0, 0.1) is 10.1 Å². The van der Waals surface area contributed by atoms with Gasteiger partial charge in [0, 0.05) is 10.3 Å². The summed E-state index contributed by atoms with van der Waals surface area (Å²) in [7, 11) is 0. The fourth-order valence-electron chi connectivity index (χ4n) is 3.14. The first-order valence-corrected chi connectivity index (χ1v) is 8.37. The summed E-state index contributed by atoms with van der Waals surface area (Å²) in [6, 6.07) is 9.27. The Labute approximate surface area is 145 Å². The van der Waals surface area contributed by atoms with Crippen molar-refractivity contribution in [3.8, 4) is 0 Å². The van der Waals surface area contributed by atoms with Crippen molar-refractivity contribution >= 4 is 16.8 Å². The molecule has 1 aromatic heterocycles. The van der Waals surface area contributed by atoms with Crippen molar-refractivity contribution in [2.45, 2.75) is 44.4 Å². The number of carbonyl (C=O) groups is 1. The second-order valence-corrected chi connectivity index (χ2v) is 6.15. The molecule has 3 N–H and O–H groups in total. The van der Waals surface area contributed by atoms with Gasteiger partial charge < -0.3 is 5.32 Å². The maximum absolute atomic E-state index is 12.4. The van der Waals surface area contributed by atoms with Crippen LogP contribution in [-0.4, -0.2) is 33.9 Å². The topological polar surface area (TPSA) is 109 Å². The van der Waals surface area contributed by atoms with Crippen LogP contribution < -0.4 is 16.2 Å². The summed E-state index contributed by atoms with van der Waals surface area (Å²) < 4.78 is 0. The van der Waals surface area contributed by atoms with E-state index in [4.69, 9.17) is 0 Å². The number of benzene rings is 1. The zero-order chi connectivity index (χ0) is 17.8. The number of pyridine rings is 1. The molecule has 1 aromatic carbocycles. The number of carbonyl (C=O) groups excluding carboxylic acids is 1. The lowest BCUT2D eigenvalue weighted by Gasteiger charge is -2.15. The summed E-state index contributed by atoms with van der Waals surface area (Å²) in [5.41, 5.74) is 7.20. The van der Waals surface area contributed by atoms with Crippen LogP contribution in [-0.2, 0) is 11.3 Å². The Morgan fingerprint density at radius 3 is 2.84 bits per heavy atom. The van der Waals surface area contributed by atoms with Gasteiger partial charge in [-0.3, -0.25) is 19.9 Å². The van der Waals surface area contributed by atoms with Gasteiger partial charge in [0.15, 0.2) is 6.04 Å². The highest BCUT2D eigenvalue weighted by molar-refractivity contribution is 5.83. The molecule has 1 fully saturated rings. The number of hydrogen-bond donors (Lipinski definition) is 3. The molecule has 2 heterocycles. The Balaban J connectivity index is 1.65. The predicted molar refractivity (Wildman–Crippen MR) is 93.1 cm³/mol. The Morgan fingerprint density at radius 2 is 2.08 bits per heavy atom. The molecule has 8 heteroatoms. The van der Waals surface area contributed by atoms with Gasteiger partial charge in [0.25, 0.3) is 6.04 Å². The van der Waals surface area contributed by atoms with Gasteiger partial charge in [0.05, 0.1) is 23.8 Å². The number of hydrazine groups is 1. The van der Waals surface area contributed by atoms with Crippen molar-refractivity contribution in [1.82, 2.24) is 21.2 Å². The number of nitrogens with zero attached hydrogens (tertiary/aromatic N) is 2. The van der Waals surface area contributed by atoms with Gasteiger partial charge in [0.1, 0.15) is 0 Å². The fourth-order valence-corrected chi connectivity index (χ4v) is 3.14. The summed E-state index contributed by atoms with van der Waals surface area (Å²) in [4.78, 5) is 27.9. The van der Waals surface area contributed by atoms with E-state index in [1.165, 1.54) is 0 Å². The second-order valence-electron chi connectivity index (χ2n) is 6.15. The number of amides is 1. The smallest absolute Gasteiger partial charge is 0.254 e. The van der Waals surface area contributed by atoms with Crippen LogP contribution in [0.3, 0.4) is 0 Å². The molecule has 3 rings (SSSR count). The van der Waals surface area contributed by atoms with Gasteiger partial charge in [-0.05, 0) is 18.6 Å². The lowest BCUT2D eigenvalue weighted by molar-refractivity contribution is -0.523. The molecule has 3 unspecified atom stereocenters. The summed E-state index contributed by atoms with van der Waals surface area (Å²) in [5, 5.41) is 15.1. The molecular weight excluding hydrogens is 322 g/mol. The lowest BCUT2D eigenvalue weighted by Crippen LogP contribution is -2.50. The van der Waals surface area contributed by atoms with Crippen molar-refractivity contribution in [1.29, 1.82) is 0 Å². The first-order valence-electron chi connectivity index (χ1n) is 8.37. The molecule has 8 nitrogen and oxygen atoms in total. The number of hydrogen-bond acceptors (Lipinski definition) is 6. The number of fused-ring (bicyclic) bond motifs is 1. The van der Waals surface area contributed by atoms with Crippen LogP contribution in [0.15, 0.2) is 36.4 Å². The summed E-state index contributed by atoms with van der Waals surface area (Å²) in [6.07, 6.45) is 1.44. The molecule has 0 radical (unpaired) electrons. The monoisotopic (exact) mass is 343 g/mol. The number of nitro groups is 1. The average molecular weight is 343 g/mol. The molecule has 1 aliphatic heterocycles. The van der Waals surface area contributed by atoms with E-state index < -0.39 is 18.0 Å². The lowest BCUT2D eigenvalue weighted by atomic mass is 9.99. The Bertz CT molecular complexity index is 782. The quantitative estimate of drug-likeness (QED) is 0.536. The zero-order valence-electron chi connectivity index (χ0n) is 13.9. The minimum absolute atomic E-state index is 0.227. The van der Waals surface area contributed by atoms with E-state index in [0.29, 0.717) is 12.1 Å². The van der Waals surface area contributed by atoms with Gasteiger partial charge in [-0.2, -0.15) is 0 Å². The number of aromatic nitrogens is 1. The van der Waals surface area contributed by atoms with E-state index in [1.807, 2.05) is 43.3 Å². The highest BCUT2D eigenvalue weighted by Gasteiger charge is 2.48. The largest absolute Gasteiger partial charge is 0.349 e. The Morgan fingerprint density at radius 1 is 1.28 bits per heavy atom. The van der Waals surface area contributed by atoms with Crippen molar-refractivity contribution in [3.05, 3.63) is 52.2 Å². The normalized spacial score (nSPS) is 22.8. The molecule has 1 saturated heterocycles. The molecule has 3 atom stereocenters. The minimum atomic E-state index is -0.982. The molecular formula is C17H21N5O3. The third-order valence-corrected chi connectivity index (χ3v) is 4.40. The van der Waals surface area contributed by atoms with Crippen molar-refractivity contribution in [2.24, 2.45) is 0 Å². The van der Waals surface area contributed by atoms with Gasteiger partial charge in [-0.15, -0.1) is 0 Å². The van der Waals surface area contributed by atoms with Crippen LogP contribution in [0.2, 0.25) is 0 Å². The molecule has 1 aliphatic rings. The molecule has 1 amide bonds. The molecule has 25 heavy (non-hydrogen) atoms. The third kappa shape index (κ3) is 3.75. The van der Waals surface area contributed by atoms with Crippen LogP contribution in [0.1, 0.15) is 25.5 Å². The third-order valence-electron chi connectivity index (χ3n) is 4.40. The van der Waals surface area contributed by atoms with Crippen LogP contribution in [0.5, 0.6) is 0 Å². The molecule has 0 bridgehead atoms. The SMILES string of the molecule is CCCC1NNC(C(=O)NCc2ccc3ccccc3n2)C1[N+](=O)[O-]. The summed E-state index contributed by atoms with van der Waals surface area (Å²) >= 11 is 0. The first kappa shape index (κ1) is 17.2. The van der Waals surface area contributed by atoms with Crippen LogP contribution in [0.25, 0.3) is 10.9 Å². The Hall–Kier alpha value is -2.58. The van der Waals surface area contributed by atoms with Gasteiger partial charge >= 0.3 is 0 Å². The highest BCUT2D eigenvalue weighted by Crippen LogP contribution is 2.15. The van der Waals surface area contributed by atoms with E-state index in [0.717, 1.165) is 17.3 Å². The van der Waals surface area contributed by atoms with Gasteiger partial charge in [-0.1, -0.05) is 37.6 Å². The number of rotatable bonds is 6. The molecule has 2 aromatic rings. The van der Waals surface area contributed by atoms with Gasteiger partial charge in [-0.25, -0.2) is 10.9 Å². The van der Waals surface area contributed by atoms with Crippen molar-refractivity contribution in [3.63, 3.8) is 0 Å². The molecule has 0 saturated carbocycles. The van der Waals surface area contributed by atoms with E-state index in [1.54, 1.807) is 0 Å². The van der Waals surface area contributed by atoms with Crippen molar-refractivity contribution < 1.29 is 9.72 Å². The highest BCUT2D eigenvalue weighted by atomic mass is 16.6. The standard InChI is InChI=1S/C17H21N5O3/c1-2-5-14-16(22(24)25)15(21-20-14)17(23)18-10-12-9-8-11-6-3-4-7-13(11)19-12/h3-4,6-9,14-16,20-21H,2,5,10H2,1H3,(H,18,23). The van der Waals surface area contributed by atoms with E-state index in [2.05, 4.69) is 21.2 Å². The predicted octanol–water partition coefficient (Wildman–Crippen LogP) is 1.14.